The molecule has 7 rings (SSSR count). The van der Waals surface area contributed by atoms with Crippen LogP contribution in [0.2, 0.25) is 0 Å². The van der Waals surface area contributed by atoms with Crippen LogP contribution in [0.1, 0.15) is 51.0 Å². The molecule has 1 fully saturated rings. The van der Waals surface area contributed by atoms with Gasteiger partial charge in [-0.1, -0.05) is 49.1 Å². The van der Waals surface area contributed by atoms with Crippen LogP contribution in [0.3, 0.4) is 0 Å². The predicted octanol–water partition coefficient (Wildman–Crippen LogP) is 5.62. The second kappa shape index (κ2) is 14.3. The third-order valence-corrected chi connectivity index (χ3v) is 10.5. The van der Waals surface area contributed by atoms with Crippen molar-refractivity contribution in [1.29, 1.82) is 5.26 Å². The van der Waals surface area contributed by atoms with E-state index in [2.05, 4.69) is 35.6 Å². The van der Waals surface area contributed by atoms with Gasteiger partial charge in [0.25, 0.3) is 0 Å². The Kier molecular flexibility index (Phi) is 9.66. The van der Waals surface area contributed by atoms with Crippen molar-refractivity contribution in [3.63, 3.8) is 0 Å². The molecule has 5 atom stereocenters. The van der Waals surface area contributed by atoms with Gasteiger partial charge in [0, 0.05) is 47.5 Å². The van der Waals surface area contributed by atoms with E-state index in [0.29, 0.717) is 41.6 Å². The zero-order chi connectivity index (χ0) is 35.8. The Labute approximate surface area is 298 Å². The molecule has 0 saturated carbocycles. The fraction of sp³-hybridized carbons (Fsp3) is 0.400. The number of methoxy groups -OCH3 is 2. The second-order valence-electron chi connectivity index (χ2n) is 13.3. The van der Waals surface area contributed by atoms with Crippen LogP contribution in [0.25, 0.3) is 6.08 Å². The zero-order valence-electron chi connectivity index (χ0n) is 29.6. The van der Waals surface area contributed by atoms with Crippen LogP contribution in [0, 0.1) is 25.2 Å². The lowest BCUT2D eigenvalue weighted by Gasteiger charge is -2.59. The highest BCUT2D eigenvalue weighted by Gasteiger charge is 2.57. The summed E-state index contributed by atoms with van der Waals surface area (Å²) < 4.78 is 42.3. The fourth-order valence-corrected chi connectivity index (χ4v) is 8.50. The molecular weight excluding hydrogens is 650 g/mol. The Morgan fingerprint density at radius 1 is 1.04 bits per heavy atom. The quantitative estimate of drug-likeness (QED) is 0.108. The molecule has 0 radical (unpaired) electrons. The smallest absolute Gasteiger partial charge is 0.330 e. The summed E-state index contributed by atoms with van der Waals surface area (Å²) in [5.41, 5.74) is 6.49. The summed E-state index contributed by atoms with van der Waals surface area (Å²) in [7, 11) is 5.31. The third kappa shape index (κ3) is 5.87. The highest BCUT2D eigenvalue weighted by Crippen LogP contribution is 2.58. The van der Waals surface area contributed by atoms with Gasteiger partial charge in [0.15, 0.2) is 29.8 Å². The normalized spacial score (nSPS) is 23.1. The summed E-state index contributed by atoms with van der Waals surface area (Å²) in [6, 6.07) is 12.6. The first-order valence-corrected chi connectivity index (χ1v) is 17.1. The summed E-state index contributed by atoms with van der Waals surface area (Å²) in [6.07, 6.45) is 5.98. The van der Waals surface area contributed by atoms with Gasteiger partial charge in [0.1, 0.15) is 25.0 Å². The highest BCUT2D eigenvalue weighted by atomic mass is 16.7. The van der Waals surface area contributed by atoms with E-state index in [9.17, 15) is 10.1 Å². The summed E-state index contributed by atoms with van der Waals surface area (Å²) >= 11 is 0. The molecule has 51 heavy (non-hydrogen) atoms. The molecule has 266 valence electrons. The van der Waals surface area contributed by atoms with Crippen LogP contribution in [-0.4, -0.2) is 82.0 Å². The molecule has 4 aliphatic rings. The molecule has 1 saturated heterocycles. The van der Waals surface area contributed by atoms with Crippen molar-refractivity contribution in [3.05, 3.63) is 94.1 Å². The molecule has 1 unspecified atom stereocenters. The van der Waals surface area contributed by atoms with Crippen molar-refractivity contribution < 1.29 is 38.0 Å². The van der Waals surface area contributed by atoms with Gasteiger partial charge < -0.3 is 33.2 Å². The van der Waals surface area contributed by atoms with Crippen molar-refractivity contribution in [2.75, 3.05) is 48.1 Å². The summed E-state index contributed by atoms with van der Waals surface area (Å²) in [5, 5.41) is 11.0. The van der Waals surface area contributed by atoms with Crippen LogP contribution < -0.4 is 23.7 Å². The Morgan fingerprint density at radius 2 is 1.82 bits per heavy atom. The lowest BCUT2D eigenvalue weighted by Crippen LogP contribution is -2.68. The summed E-state index contributed by atoms with van der Waals surface area (Å²) in [6.45, 7) is 8.19. The van der Waals surface area contributed by atoms with Gasteiger partial charge in [0.2, 0.25) is 6.79 Å². The SMILES string of the molecule is C=CCOc1c(C)c2c(c3c1CC1[C@H]4c5c(cc(C)c(OC)c5OCOC)C[C@@H]([C@H](C#N)N1[C@H]3COC(=O)/C=C/c1ccccc1)N4C)OCO2. The van der Waals surface area contributed by atoms with Crippen LogP contribution in [0.15, 0.2) is 55.1 Å². The van der Waals surface area contributed by atoms with Crippen LogP contribution >= 0.6 is 0 Å². The van der Waals surface area contributed by atoms with Gasteiger partial charge in [-0.25, -0.2) is 4.79 Å². The van der Waals surface area contributed by atoms with Crippen molar-refractivity contribution in [3.8, 4) is 34.8 Å². The molecule has 0 spiro atoms. The average molecular weight is 694 g/mol. The number of aryl methyl sites for hydroxylation is 1. The number of ether oxygens (including phenoxy) is 7. The number of hydrogen-bond donors (Lipinski definition) is 0. The predicted molar refractivity (Wildman–Crippen MR) is 189 cm³/mol. The number of hydrogen-bond acceptors (Lipinski definition) is 11. The summed E-state index contributed by atoms with van der Waals surface area (Å²) in [4.78, 5) is 17.8. The number of benzene rings is 3. The minimum absolute atomic E-state index is 0.0281. The molecule has 11 heteroatoms. The molecule has 3 aromatic carbocycles. The van der Waals surface area contributed by atoms with Gasteiger partial charge in [-0.15, -0.1) is 0 Å². The molecular formula is C40H43N3O8. The summed E-state index contributed by atoms with van der Waals surface area (Å²) in [5.74, 6) is 2.65. The molecule has 0 aliphatic carbocycles. The maximum absolute atomic E-state index is 13.3. The van der Waals surface area contributed by atoms with E-state index in [1.54, 1.807) is 26.4 Å². The minimum atomic E-state index is -0.560. The molecule has 4 aliphatic heterocycles. The van der Waals surface area contributed by atoms with Gasteiger partial charge in [0.05, 0.1) is 25.3 Å². The molecule has 11 nitrogen and oxygen atoms in total. The lowest BCUT2D eigenvalue weighted by atomic mass is 9.71. The Balaban J connectivity index is 1.40. The van der Waals surface area contributed by atoms with Gasteiger partial charge >= 0.3 is 5.97 Å². The maximum atomic E-state index is 13.3. The number of nitriles is 1. The first kappa shape index (κ1) is 34.4. The number of piperazine rings is 1. The van der Waals surface area contributed by atoms with Gasteiger partial charge in [-0.3, -0.25) is 9.80 Å². The van der Waals surface area contributed by atoms with Crippen LogP contribution in [-0.2, 0) is 27.1 Å². The molecule has 0 N–H and O–H groups in total. The van der Waals surface area contributed by atoms with E-state index < -0.39 is 18.1 Å². The van der Waals surface area contributed by atoms with Crippen LogP contribution in [0.4, 0.5) is 0 Å². The largest absolute Gasteiger partial charge is 0.493 e. The van der Waals surface area contributed by atoms with E-state index >= 15 is 0 Å². The zero-order valence-corrected chi connectivity index (χ0v) is 29.6. The van der Waals surface area contributed by atoms with E-state index in [4.69, 9.17) is 33.2 Å². The van der Waals surface area contributed by atoms with Crippen molar-refractivity contribution in [1.82, 2.24) is 9.80 Å². The van der Waals surface area contributed by atoms with Crippen LogP contribution in [0.5, 0.6) is 28.7 Å². The lowest BCUT2D eigenvalue weighted by molar-refractivity contribution is -0.143. The topological polar surface area (TPSA) is 112 Å². The molecule has 4 heterocycles. The number of likely N-dealkylation sites (N-methyl/N-ethyl adjacent to an activating group) is 1. The minimum Gasteiger partial charge on any atom is -0.493 e. The number of esters is 1. The first-order chi connectivity index (χ1) is 24.8. The first-order valence-electron chi connectivity index (χ1n) is 17.1. The maximum Gasteiger partial charge on any atom is 0.330 e. The van der Waals surface area contributed by atoms with Crippen molar-refractivity contribution in [2.24, 2.45) is 0 Å². The third-order valence-electron chi connectivity index (χ3n) is 10.5. The second-order valence-corrected chi connectivity index (χ2v) is 13.3. The standard InChI is InChI=1S/C40H43N3O8/c1-7-15-47-37-24(3)38-40(51-22-50-38)34-27(37)18-29-35-33-26(16-23(2)36(46-6)39(33)49-21-45-5)17-28(42(35)4)30(19-41)43(29)31(34)20-48-32(44)14-13-25-11-9-8-10-12-25/h7-14,16,28-31,35H,1,15,17-18,20-22H2,2-6H3/b14-13+/t28-,29?,30-,31-,35-/m0/s1. The monoisotopic (exact) mass is 693 g/mol. The molecule has 3 aromatic rings. The van der Waals surface area contributed by atoms with E-state index in [-0.39, 0.29) is 44.9 Å². The molecule has 0 amide bonds. The Bertz CT molecular complexity index is 1900. The van der Waals surface area contributed by atoms with E-state index in [1.165, 1.54) is 6.08 Å². The Morgan fingerprint density at radius 3 is 2.55 bits per heavy atom. The number of rotatable bonds is 11. The number of nitrogens with zero attached hydrogens (tertiary/aromatic N) is 3. The van der Waals surface area contributed by atoms with E-state index in [1.807, 2.05) is 44.2 Å². The highest BCUT2D eigenvalue weighted by molar-refractivity contribution is 5.87. The fourth-order valence-electron chi connectivity index (χ4n) is 8.50. The number of carbonyl (C=O) groups is 1. The Hall–Kier alpha value is -5.02. The molecule has 0 aromatic heterocycles. The van der Waals surface area contributed by atoms with E-state index in [0.717, 1.165) is 38.9 Å². The number of carbonyl (C=O) groups excluding carboxylic acids is 1. The van der Waals surface area contributed by atoms with Crippen molar-refractivity contribution in [2.45, 2.75) is 56.9 Å². The van der Waals surface area contributed by atoms with Gasteiger partial charge in [-0.2, -0.15) is 5.26 Å². The molecule has 2 bridgehead atoms. The van der Waals surface area contributed by atoms with Crippen molar-refractivity contribution >= 4 is 12.0 Å². The average Bonchev–Trinajstić information content (AvgIpc) is 3.63. The number of fused-ring (bicyclic) bond motifs is 9. The van der Waals surface area contributed by atoms with Gasteiger partial charge in [-0.05, 0) is 56.5 Å².